The number of rotatable bonds is 5. The molecule has 0 aliphatic carbocycles. The minimum Gasteiger partial charge on any atom is -0.482 e. The van der Waals surface area contributed by atoms with Gasteiger partial charge in [-0.25, -0.2) is 9.18 Å². The number of carbonyl (C=O) groups excluding carboxylic acids is 2. The molecule has 2 aromatic carbocycles. The van der Waals surface area contributed by atoms with Gasteiger partial charge in [0.15, 0.2) is 12.4 Å². The van der Waals surface area contributed by atoms with Crippen molar-refractivity contribution in [2.75, 3.05) is 13.2 Å². The number of ketones is 1. The topological polar surface area (TPSA) is 61.8 Å². The molecule has 3 rings (SSSR count). The van der Waals surface area contributed by atoms with Crippen LogP contribution in [0.15, 0.2) is 48.2 Å². The smallest absolute Gasteiger partial charge is 0.344 e. The summed E-state index contributed by atoms with van der Waals surface area (Å²) in [6.45, 7) is 1.75. The molecule has 0 saturated carbocycles. The lowest BCUT2D eigenvalue weighted by molar-refractivity contribution is -0.145. The highest BCUT2D eigenvalue weighted by Gasteiger charge is 2.27. The van der Waals surface area contributed by atoms with Crippen molar-refractivity contribution in [2.24, 2.45) is 0 Å². The molecule has 0 aromatic heterocycles. The molecule has 1 aliphatic heterocycles. The Kier molecular flexibility index (Phi) is 4.79. The van der Waals surface area contributed by atoms with Gasteiger partial charge in [-0.1, -0.05) is 12.1 Å². The highest BCUT2D eigenvalue weighted by atomic mass is 19.1. The molecule has 0 radical (unpaired) electrons. The second kappa shape index (κ2) is 7.17. The van der Waals surface area contributed by atoms with Gasteiger partial charge in [0.25, 0.3) is 0 Å². The van der Waals surface area contributed by atoms with E-state index in [1.165, 1.54) is 24.3 Å². The van der Waals surface area contributed by atoms with Crippen molar-refractivity contribution < 1.29 is 28.2 Å². The van der Waals surface area contributed by atoms with E-state index in [1.54, 1.807) is 31.2 Å². The Labute approximate surface area is 143 Å². The molecule has 0 bridgehead atoms. The van der Waals surface area contributed by atoms with Crippen LogP contribution in [0.25, 0.3) is 6.08 Å². The number of hydrogen-bond acceptors (Lipinski definition) is 5. The molecule has 0 unspecified atom stereocenters. The van der Waals surface area contributed by atoms with Gasteiger partial charge in [-0.05, 0) is 42.8 Å². The molecule has 1 aliphatic rings. The monoisotopic (exact) mass is 342 g/mol. The summed E-state index contributed by atoms with van der Waals surface area (Å²) >= 11 is 0. The van der Waals surface area contributed by atoms with Gasteiger partial charge in [-0.15, -0.1) is 0 Å². The predicted molar refractivity (Wildman–Crippen MR) is 87.9 cm³/mol. The van der Waals surface area contributed by atoms with Crippen LogP contribution in [0, 0.1) is 5.82 Å². The van der Waals surface area contributed by atoms with Gasteiger partial charge in [-0.3, -0.25) is 4.79 Å². The SMILES string of the molecule is CCOC(=O)COc1ccc2c(c1)OC(=Cc1cccc(F)c1)C2=O. The summed E-state index contributed by atoms with van der Waals surface area (Å²) in [5.74, 6) is -0.362. The molecule has 0 amide bonds. The first-order valence-electron chi connectivity index (χ1n) is 7.69. The number of allylic oxidation sites excluding steroid dienone is 1. The Bertz CT molecular complexity index is 857. The zero-order valence-corrected chi connectivity index (χ0v) is 13.5. The fourth-order valence-electron chi connectivity index (χ4n) is 2.35. The van der Waals surface area contributed by atoms with Crippen LogP contribution in [0.3, 0.4) is 0 Å². The number of ether oxygens (including phenoxy) is 3. The molecular formula is C19H15FO5. The van der Waals surface area contributed by atoms with Crippen LogP contribution in [-0.4, -0.2) is 25.0 Å². The van der Waals surface area contributed by atoms with Crippen LogP contribution < -0.4 is 9.47 Å². The largest absolute Gasteiger partial charge is 0.482 e. The summed E-state index contributed by atoms with van der Waals surface area (Å²) < 4.78 is 28.9. The number of carbonyl (C=O) groups is 2. The zero-order valence-electron chi connectivity index (χ0n) is 13.5. The average molecular weight is 342 g/mol. The zero-order chi connectivity index (χ0) is 17.8. The number of halogens is 1. The van der Waals surface area contributed by atoms with Crippen LogP contribution in [-0.2, 0) is 9.53 Å². The molecule has 0 saturated heterocycles. The lowest BCUT2D eigenvalue weighted by Crippen LogP contribution is -2.14. The van der Waals surface area contributed by atoms with E-state index >= 15 is 0 Å². The molecule has 5 nitrogen and oxygen atoms in total. The number of fused-ring (bicyclic) bond motifs is 1. The lowest BCUT2D eigenvalue weighted by Gasteiger charge is -2.06. The van der Waals surface area contributed by atoms with Crippen LogP contribution >= 0.6 is 0 Å². The van der Waals surface area contributed by atoms with Crippen molar-refractivity contribution in [2.45, 2.75) is 6.92 Å². The van der Waals surface area contributed by atoms with E-state index in [0.717, 1.165) is 0 Å². The second-order valence-corrected chi connectivity index (χ2v) is 5.25. The second-order valence-electron chi connectivity index (χ2n) is 5.25. The molecule has 2 aromatic rings. The summed E-state index contributed by atoms with van der Waals surface area (Å²) in [5, 5.41) is 0. The average Bonchev–Trinajstić information content (AvgIpc) is 2.89. The van der Waals surface area contributed by atoms with Crippen molar-refractivity contribution in [1.29, 1.82) is 0 Å². The molecule has 6 heteroatoms. The van der Waals surface area contributed by atoms with Crippen LogP contribution in [0.5, 0.6) is 11.5 Å². The number of hydrogen-bond donors (Lipinski definition) is 0. The number of esters is 1. The van der Waals surface area contributed by atoms with Gasteiger partial charge in [-0.2, -0.15) is 0 Å². The van der Waals surface area contributed by atoms with Crippen molar-refractivity contribution in [3.05, 3.63) is 65.2 Å². The molecule has 128 valence electrons. The third-order valence-corrected chi connectivity index (χ3v) is 3.45. The molecule has 25 heavy (non-hydrogen) atoms. The molecule has 0 spiro atoms. The quantitative estimate of drug-likeness (QED) is 0.616. The first-order chi connectivity index (χ1) is 12.1. The maximum absolute atomic E-state index is 13.2. The van der Waals surface area contributed by atoms with Crippen molar-refractivity contribution in [1.82, 2.24) is 0 Å². The van der Waals surface area contributed by atoms with Gasteiger partial charge < -0.3 is 14.2 Å². The molecular weight excluding hydrogens is 327 g/mol. The minimum atomic E-state index is -0.480. The fraction of sp³-hybridized carbons (Fsp3) is 0.158. The van der Waals surface area contributed by atoms with E-state index in [2.05, 4.69) is 0 Å². The normalized spacial score (nSPS) is 14.2. The molecule has 0 N–H and O–H groups in total. The van der Waals surface area contributed by atoms with Gasteiger partial charge in [0.05, 0.1) is 12.2 Å². The molecule has 0 atom stereocenters. The first kappa shape index (κ1) is 16.7. The standard InChI is InChI=1S/C19H15FO5/c1-2-23-18(21)11-24-14-6-7-15-16(10-14)25-17(19(15)22)9-12-4-3-5-13(20)8-12/h3-10H,2,11H2,1H3. The Morgan fingerprint density at radius 2 is 2.08 bits per heavy atom. The highest BCUT2D eigenvalue weighted by Crippen LogP contribution is 2.34. The lowest BCUT2D eigenvalue weighted by atomic mass is 10.1. The fourth-order valence-corrected chi connectivity index (χ4v) is 2.35. The molecule has 1 heterocycles. The van der Waals surface area contributed by atoms with E-state index in [4.69, 9.17) is 14.2 Å². The van der Waals surface area contributed by atoms with E-state index in [-0.39, 0.29) is 24.8 Å². The van der Waals surface area contributed by atoms with Gasteiger partial charge in [0, 0.05) is 6.07 Å². The number of Topliss-reactive ketones (excluding diaryl/α,β-unsaturated/α-hetero) is 1. The predicted octanol–water partition coefficient (Wildman–Crippen LogP) is 3.38. The maximum atomic E-state index is 13.2. The first-order valence-corrected chi connectivity index (χ1v) is 7.69. The maximum Gasteiger partial charge on any atom is 0.344 e. The van der Waals surface area contributed by atoms with Crippen LogP contribution in [0.1, 0.15) is 22.8 Å². The highest BCUT2D eigenvalue weighted by molar-refractivity contribution is 6.14. The Balaban J connectivity index is 1.76. The van der Waals surface area contributed by atoms with Gasteiger partial charge in [0.2, 0.25) is 5.78 Å². The summed E-state index contributed by atoms with van der Waals surface area (Å²) in [7, 11) is 0. The summed E-state index contributed by atoms with van der Waals surface area (Å²) in [6, 6.07) is 10.5. The van der Waals surface area contributed by atoms with Crippen LogP contribution in [0.4, 0.5) is 4.39 Å². The van der Waals surface area contributed by atoms with E-state index in [9.17, 15) is 14.0 Å². The Morgan fingerprint density at radius 1 is 1.24 bits per heavy atom. The van der Waals surface area contributed by atoms with Gasteiger partial charge >= 0.3 is 5.97 Å². The van der Waals surface area contributed by atoms with E-state index in [1.807, 2.05) is 0 Å². The van der Waals surface area contributed by atoms with Crippen molar-refractivity contribution >= 4 is 17.8 Å². The van der Waals surface area contributed by atoms with E-state index in [0.29, 0.717) is 22.6 Å². The van der Waals surface area contributed by atoms with Crippen molar-refractivity contribution in [3.63, 3.8) is 0 Å². The third kappa shape index (κ3) is 3.85. The summed E-state index contributed by atoms with van der Waals surface area (Å²) in [6.07, 6.45) is 1.48. The van der Waals surface area contributed by atoms with Gasteiger partial charge in [0.1, 0.15) is 17.3 Å². The Morgan fingerprint density at radius 3 is 2.84 bits per heavy atom. The van der Waals surface area contributed by atoms with Crippen LogP contribution in [0.2, 0.25) is 0 Å². The third-order valence-electron chi connectivity index (χ3n) is 3.45. The van der Waals surface area contributed by atoms with E-state index < -0.39 is 11.8 Å². The Hall–Kier alpha value is -3.15. The minimum absolute atomic E-state index is 0.100. The summed E-state index contributed by atoms with van der Waals surface area (Å²) in [5.41, 5.74) is 0.904. The van der Waals surface area contributed by atoms with Crippen molar-refractivity contribution in [3.8, 4) is 11.5 Å². The summed E-state index contributed by atoms with van der Waals surface area (Å²) in [4.78, 5) is 23.7. The number of benzene rings is 2. The molecule has 0 fully saturated rings.